The van der Waals surface area contributed by atoms with Gasteiger partial charge in [0.1, 0.15) is 6.29 Å². The van der Waals surface area contributed by atoms with Crippen molar-refractivity contribution in [1.82, 2.24) is 4.90 Å². The number of hydrogen-bond acceptors (Lipinski definition) is 2. The first-order valence-corrected chi connectivity index (χ1v) is 4.56. The van der Waals surface area contributed by atoms with E-state index in [0.717, 1.165) is 24.8 Å². The largest absolute Gasteiger partial charge is 0.298 e. The van der Waals surface area contributed by atoms with Crippen LogP contribution in [0.5, 0.6) is 0 Å². The van der Waals surface area contributed by atoms with E-state index in [0.29, 0.717) is 12.1 Å². The van der Waals surface area contributed by atoms with Crippen molar-refractivity contribution in [2.24, 2.45) is 0 Å². The van der Waals surface area contributed by atoms with E-state index in [1.54, 1.807) is 0 Å². The Bertz CT molecular complexity index is 186. The van der Waals surface area contributed by atoms with E-state index < -0.39 is 0 Å². The molecule has 1 aliphatic rings. The molecule has 1 atom stereocenters. The van der Waals surface area contributed by atoms with Crippen molar-refractivity contribution < 1.29 is 4.79 Å². The third-order valence-corrected chi connectivity index (χ3v) is 2.54. The van der Waals surface area contributed by atoms with Gasteiger partial charge in [-0.2, -0.15) is 0 Å². The molecule has 68 valence electrons. The fourth-order valence-electron chi connectivity index (χ4n) is 1.88. The Hall–Kier alpha value is -0.630. The van der Waals surface area contributed by atoms with Crippen LogP contribution in [0.4, 0.5) is 0 Å². The minimum absolute atomic E-state index is 0.308. The van der Waals surface area contributed by atoms with E-state index in [4.69, 9.17) is 0 Å². The highest BCUT2D eigenvalue weighted by Gasteiger charge is 2.27. The van der Waals surface area contributed by atoms with Crippen LogP contribution in [-0.2, 0) is 4.79 Å². The van der Waals surface area contributed by atoms with Gasteiger partial charge in [-0.05, 0) is 33.2 Å². The number of likely N-dealkylation sites (tertiary alicyclic amines) is 1. The first-order valence-electron chi connectivity index (χ1n) is 4.56. The van der Waals surface area contributed by atoms with Gasteiger partial charge in [0, 0.05) is 17.7 Å². The summed E-state index contributed by atoms with van der Waals surface area (Å²) in [6.45, 7) is 9.21. The van der Waals surface area contributed by atoms with Crippen LogP contribution in [0.1, 0.15) is 26.7 Å². The number of carbonyl (C=O) groups excluding carboxylic acids is 1. The zero-order chi connectivity index (χ0) is 9.14. The molecule has 2 nitrogen and oxygen atoms in total. The average molecular weight is 167 g/mol. The maximum absolute atomic E-state index is 10.5. The highest BCUT2D eigenvalue weighted by Crippen LogP contribution is 2.23. The lowest BCUT2D eigenvalue weighted by Crippen LogP contribution is -2.36. The summed E-state index contributed by atoms with van der Waals surface area (Å²) in [5.74, 6) is 0. The second-order valence-electron chi connectivity index (χ2n) is 3.68. The van der Waals surface area contributed by atoms with Gasteiger partial charge in [0.15, 0.2) is 0 Å². The molecular formula is C10H17NO. The highest BCUT2D eigenvalue weighted by atomic mass is 16.1. The molecule has 0 N–H and O–H groups in total. The normalized spacial score (nSPS) is 24.8. The van der Waals surface area contributed by atoms with E-state index in [1.807, 2.05) is 0 Å². The molecule has 0 aromatic heterocycles. The third-order valence-electron chi connectivity index (χ3n) is 2.54. The molecule has 0 aromatic rings. The molecule has 0 radical (unpaired) electrons. The molecule has 1 unspecified atom stereocenters. The maximum Gasteiger partial charge on any atom is 0.147 e. The van der Waals surface area contributed by atoms with Crippen LogP contribution in [0.25, 0.3) is 0 Å². The summed E-state index contributed by atoms with van der Waals surface area (Å²) in [6.07, 6.45) is 3.18. The van der Waals surface area contributed by atoms with Gasteiger partial charge in [0.05, 0.1) is 0 Å². The lowest BCUT2D eigenvalue weighted by atomic mass is 10.1. The highest BCUT2D eigenvalue weighted by molar-refractivity contribution is 5.74. The van der Waals surface area contributed by atoms with Crippen molar-refractivity contribution >= 4 is 6.29 Å². The van der Waals surface area contributed by atoms with Crippen LogP contribution in [0.15, 0.2) is 12.2 Å². The van der Waals surface area contributed by atoms with Crippen molar-refractivity contribution in [3.63, 3.8) is 0 Å². The molecule has 0 spiro atoms. The zero-order valence-electron chi connectivity index (χ0n) is 7.92. The van der Waals surface area contributed by atoms with Crippen molar-refractivity contribution in [3.05, 3.63) is 12.2 Å². The average Bonchev–Trinajstić information content (AvgIpc) is 2.50. The summed E-state index contributed by atoms with van der Waals surface area (Å²) in [7, 11) is 0. The molecular weight excluding hydrogens is 150 g/mol. The Morgan fingerprint density at radius 3 is 2.83 bits per heavy atom. The summed E-state index contributed by atoms with van der Waals surface area (Å²) in [6, 6.07) is 0.830. The van der Waals surface area contributed by atoms with Gasteiger partial charge in [-0.15, -0.1) is 0 Å². The molecule has 0 amide bonds. The molecule has 1 saturated heterocycles. The number of hydrogen-bond donors (Lipinski definition) is 0. The molecule has 0 aromatic carbocycles. The lowest BCUT2D eigenvalue weighted by Gasteiger charge is -2.27. The summed E-state index contributed by atoms with van der Waals surface area (Å²) >= 11 is 0. The number of carbonyl (C=O) groups is 1. The van der Waals surface area contributed by atoms with Gasteiger partial charge in [-0.1, -0.05) is 6.58 Å². The van der Waals surface area contributed by atoms with Crippen molar-refractivity contribution in [3.8, 4) is 0 Å². The fraction of sp³-hybridized carbons (Fsp3) is 0.700. The summed E-state index contributed by atoms with van der Waals surface area (Å²) in [4.78, 5) is 12.9. The quantitative estimate of drug-likeness (QED) is 0.470. The number of aldehydes is 1. The summed E-state index contributed by atoms with van der Waals surface area (Å²) in [5, 5.41) is 0. The molecule has 1 heterocycles. The minimum Gasteiger partial charge on any atom is -0.298 e. The predicted molar refractivity (Wildman–Crippen MR) is 50.1 cm³/mol. The zero-order valence-corrected chi connectivity index (χ0v) is 7.92. The molecule has 1 aliphatic heterocycles. The summed E-state index contributed by atoms with van der Waals surface area (Å²) < 4.78 is 0. The number of rotatable bonds is 3. The van der Waals surface area contributed by atoms with Crippen LogP contribution in [-0.4, -0.2) is 29.8 Å². The second kappa shape index (κ2) is 3.85. The maximum atomic E-state index is 10.5. The third kappa shape index (κ3) is 1.75. The SMILES string of the molecule is C=C(C=O)C1CCCN1C(C)C. The van der Waals surface area contributed by atoms with Crippen LogP contribution in [0.3, 0.4) is 0 Å². The Morgan fingerprint density at radius 2 is 2.33 bits per heavy atom. The molecule has 0 aliphatic carbocycles. The summed E-state index contributed by atoms with van der Waals surface area (Å²) in [5.41, 5.74) is 0.737. The van der Waals surface area contributed by atoms with Crippen LogP contribution in [0.2, 0.25) is 0 Å². The Labute approximate surface area is 74.2 Å². The number of nitrogens with zero attached hydrogens (tertiary/aromatic N) is 1. The van der Waals surface area contributed by atoms with E-state index >= 15 is 0 Å². The van der Waals surface area contributed by atoms with Gasteiger partial charge < -0.3 is 0 Å². The van der Waals surface area contributed by atoms with Crippen molar-refractivity contribution in [2.45, 2.75) is 38.8 Å². The van der Waals surface area contributed by atoms with Gasteiger partial charge in [0.25, 0.3) is 0 Å². The van der Waals surface area contributed by atoms with E-state index in [1.165, 1.54) is 6.42 Å². The molecule has 1 rings (SSSR count). The van der Waals surface area contributed by atoms with Crippen molar-refractivity contribution in [2.75, 3.05) is 6.54 Å². The Morgan fingerprint density at radius 1 is 1.67 bits per heavy atom. The Kier molecular flexibility index (Phi) is 3.04. The van der Waals surface area contributed by atoms with Gasteiger partial charge in [-0.25, -0.2) is 0 Å². The topological polar surface area (TPSA) is 20.3 Å². The molecule has 0 bridgehead atoms. The van der Waals surface area contributed by atoms with Crippen LogP contribution >= 0.6 is 0 Å². The minimum atomic E-state index is 0.308. The van der Waals surface area contributed by atoms with E-state index in [9.17, 15) is 4.79 Å². The monoisotopic (exact) mass is 167 g/mol. The molecule has 0 saturated carbocycles. The van der Waals surface area contributed by atoms with Crippen molar-refractivity contribution in [1.29, 1.82) is 0 Å². The van der Waals surface area contributed by atoms with Gasteiger partial charge in [-0.3, -0.25) is 9.69 Å². The standard InChI is InChI=1S/C10H17NO/c1-8(2)11-6-4-5-10(11)9(3)7-12/h7-8,10H,3-6H2,1-2H3. The molecule has 2 heteroatoms. The first-order chi connectivity index (χ1) is 5.66. The first kappa shape index (κ1) is 9.46. The molecule has 1 fully saturated rings. The lowest BCUT2D eigenvalue weighted by molar-refractivity contribution is -0.105. The van der Waals surface area contributed by atoms with Crippen LogP contribution in [0, 0.1) is 0 Å². The smallest absolute Gasteiger partial charge is 0.147 e. The van der Waals surface area contributed by atoms with E-state index in [-0.39, 0.29) is 0 Å². The van der Waals surface area contributed by atoms with E-state index in [2.05, 4.69) is 25.3 Å². The van der Waals surface area contributed by atoms with Crippen LogP contribution < -0.4 is 0 Å². The molecule has 12 heavy (non-hydrogen) atoms. The van der Waals surface area contributed by atoms with Gasteiger partial charge in [0.2, 0.25) is 0 Å². The fourth-order valence-corrected chi connectivity index (χ4v) is 1.88. The second-order valence-corrected chi connectivity index (χ2v) is 3.68. The predicted octanol–water partition coefficient (Wildman–Crippen LogP) is 1.61. The van der Waals surface area contributed by atoms with Gasteiger partial charge >= 0.3 is 0 Å². The Balaban J connectivity index is 2.63.